The molecule has 0 amide bonds. The van der Waals surface area contributed by atoms with Crippen molar-refractivity contribution in [3.63, 3.8) is 0 Å². The molecule has 1 aliphatic rings. The second kappa shape index (κ2) is 14.2. The molecule has 0 fully saturated rings. The molecule has 8 aromatic rings. The fraction of sp³-hybridized carbons (Fsp3) is 0.241. The molecule has 0 aliphatic carbocycles. The number of para-hydroxylation sites is 3. The van der Waals surface area contributed by atoms with E-state index in [1.807, 2.05) is 12.3 Å². The third kappa shape index (κ3) is 7.13. The SMILES string of the molecule is CC(C)(C)c1cccc(-c2ccc(C(C)(C)C)cc2N2CN(c3cccc(Oc4ccc5c6ccccc6n(-c6cc(C(C)(C)C)ccn6)c5c4)c3)c3ccccc32)c1. The Morgan fingerprint density at radius 2 is 1.12 bits per heavy atom. The number of hydrogen-bond acceptors (Lipinski definition) is 4. The zero-order chi connectivity index (χ0) is 41.3. The Kier molecular flexibility index (Phi) is 9.19. The van der Waals surface area contributed by atoms with Gasteiger partial charge in [0.15, 0.2) is 0 Å². The lowest BCUT2D eigenvalue weighted by Gasteiger charge is -2.28. The highest BCUT2D eigenvalue weighted by Crippen LogP contribution is 2.48. The minimum absolute atomic E-state index is 0.000571. The molecular weight excluding hydrogens is 721 g/mol. The maximum absolute atomic E-state index is 6.75. The summed E-state index contributed by atoms with van der Waals surface area (Å²) in [5, 5.41) is 2.35. The third-order valence-electron chi connectivity index (χ3n) is 11.8. The van der Waals surface area contributed by atoms with Gasteiger partial charge < -0.3 is 14.5 Å². The molecule has 0 unspecified atom stereocenters. The molecule has 3 heterocycles. The summed E-state index contributed by atoms with van der Waals surface area (Å²) in [6.45, 7) is 21.1. The number of pyridine rings is 1. The van der Waals surface area contributed by atoms with E-state index in [9.17, 15) is 0 Å². The standard InChI is InChI=1S/C54H54N4O/c1-52(2,3)37-17-14-16-36(30-37)43-26-24-38(53(4,5)6)31-49(43)57-35-56(47-22-12-13-23-48(47)57)40-18-15-19-41(33-40)59-42-25-27-45-44-20-10-11-21-46(44)58(50(45)34-42)51-32-39(28-29-55-51)54(7,8)9/h10-34H,35H2,1-9H3. The summed E-state index contributed by atoms with van der Waals surface area (Å²) >= 11 is 0. The molecule has 0 saturated carbocycles. The van der Waals surface area contributed by atoms with Gasteiger partial charge in [-0.3, -0.25) is 4.57 Å². The van der Waals surface area contributed by atoms with E-state index in [4.69, 9.17) is 9.72 Å². The van der Waals surface area contributed by atoms with Crippen LogP contribution in [-0.2, 0) is 16.2 Å². The van der Waals surface area contributed by atoms with Crippen LogP contribution in [0.3, 0.4) is 0 Å². The van der Waals surface area contributed by atoms with E-state index in [1.165, 1.54) is 50.0 Å². The third-order valence-corrected chi connectivity index (χ3v) is 11.8. The summed E-state index contributed by atoms with van der Waals surface area (Å²) in [6, 6.07) is 52.6. The van der Waals surface area contributed by atoms with Gasteiger partial charge in [0.2, 0.25) is 0 Å². The molecule has 0 N–H and O–H groups in total. The van der Waals surface area contributed by atoms with Crippen LogP contribution < -0.4 is 14.5 Å². The van der Waals surface area contributed by atoms with Crippen LogP contribution in [0, 0.1) is 0 Å². The van der Waals surface area contributed by atoms with Crippen molar-refractivity contribution in [3.05, 3.63) is 168 Å². The largest absolute Gasteiger partial charge is 0.457 e. The molecular formula is C54H54N4O. The molecule has 0 radical (unpaired) electrons. The molecule has 0 bridgehead atoms. The number of benzene rings is 6. The number of anilines is 4. The van der Waals surface area contributed by atoms with Crippen LogP contribution in [0.1, 0.15) is 79.0 Å². The van der Waals surface area contributed by atoms with Gasteiger partial charge in [0, 0.05) is 40.4 Å². The van der Waals surface area contributed by atoms with Crippen molar-refractivity contribution >= 4 is 44.6 Å². The van der Waals surface area contributed by atoms with Crippen LogP contribution in [0.25, 0.3) is 38.8 Å². The fourth-order valence-corrected chi connectivity index (χ4v) is 8.38. The number of aromatic nitrogens is 2. The van der Waals surface area contributed by atoms with Gasteiger partial charge in [-0.2, -0.15) is 0 Å². The summed E-state index contributed by atoms with van der Waals surface area (Å²) in [5.41, 5.74) is 13.2. The fourth-order valence-electron chi connectivity index (χ4n) is 8.38. The summed E-state index contributed by atoms with van der Waals surface area (Å²) in [7, 11) is 0. The van der Waals surface area contributed by atoms with Crippen molar-refractivity contribution in [2.24, 2.45) is 0 Å². The molecule has 5 heteroatoms. The van der Waals surface area contributed by atoms with Gasteiger partial charge in [0.1, 0.15) is 24.0 Å². The lowest BCUT2D eigenvalue weighted by Crippen LogP contribution is -2.25. The molecule has 5 nitrogen and oxygen atoms in total. The van der Waals surface area contributed by atoms with E-state index < -0.39 is 0 Å². The van der Waals surface area contributed by atoms with Crippen LogP contribution in [0.15, 0.2) is 152 Å². The van der Waals surface area contributed by atoms with Crippen molar-refractivity contribution in [3.8, 4) is 28.4 Å². The van der Waals surface area contributed by atoms with Crippen LogP contribution in [0.4, 0.5) is 22.7 Å². The van der Waals surface area contributed by atoms with E-state index in [1.54, 1.807) is 0 Å². The average molecular weight is 775 g/mol. The first kappa shape index (κ1) is 38.2. The number of ether oxygens (including phenoxy) is 1. The van der Waals surface area contributed by atoms with Crippen LogP contribution in [0.5, 0.6) is 11.5 Å². The predicted octanol–water partition coefficient (Wildman–Crippen LogP) is 14.8. The quantitative estimate of drug-likeness (QED) is 0.168. The Morgan fingerprint density at radius 3 is 1.88 bits per heavy atom. The van der Waals surface area contributed by atoms with Gasteiger partial charge in [0.05, 0.1) is 28.1 Å². The van der Waals surface area contributed by atoms with Gasteiger partial charge in [0.25, 0.3) is 0 Å². The Bertz CT molecular complexity index is 2860. The highest BCUT2D eigenvalue weighted by atomic mass is 16.5. The first-order valence-corrected chi connectivity index (χ1v) is 20.8. The lowest BCUT2D eigenvalue weighted by molar-refractivity contribution is 0.483. The maximum atomic E-state index is 6.75. The first-order valence-electron chi connectivity index (χ1n) is 20.8. The van der Waals surface area contributed by atoms with Crippen LogP contribution in [0.2, 0.25) is 0 Å². The van der Waals surface area contributed by atoms with E-state index in [2.05, 4.69) is 216 Å². The summed E-state index contributed by atoms with van der Waals surface area (Å²) in [5.74, 6) is 2.45. The Hall–Kier alpha value is -6.33. The highest BCUT2D eigenvalue weighted by molar-refractivity contribution is 6.09. The van der Waals surface area contributed by atoms with Crippen molar-refractivity contribution < 1.29 is 4.74 Å². The molecule has 6 aromatic carbocycles. The Balaban J connectivity index is 1.09. The van der Waals surface area contributed by atoms with E-state index in [-0.39, 0.29) is 16.2 Å². The molecule has 1 aliphatic heterocycles. The van der Waals surface area contributed by atoms with Gasteiger partial charge in [-0.1, -0.05) is 135 Å². The van der Waals surface area contributed by atoms with Crippen molar-refractivity contribution in [1.82, 2.24) is 9.55 Å². The zero-order valence-corrected chi connectivity index (χ0v) is 35.8. The van der Waals surface area contributed by atoms with Gasteiger partial charge >= 0.3 is 0 Å². The monoisotopic (exact) mass is 774 g/mol. The lowest BCUT2D eigenvalue weighted by atomic mass is 9.83. The number of nitrogens with zero attached hydrogens (tertiary/aromatic N) is 4. The van der Waals surface area contributed by atoms with Gasteiger partial charge in [-0.05, 0) is 99.2 Å². The molecule has 0 atom stereocenters. The highest BCUT2D eigenvalue weighted by Gasteiger charge is 2.31. The normalized spacial score (nSPS) is 13.4. The van der Waals surface area contributed by atoms with Gasteiger partial charge in [-0.15, -0.1) is 0 Å². The van der Waals surface area contributed by atoms with Gasteiger partial charge in [-0.25, -0.2) is 4.98 Å². The predicted molar refractivity (Wildman–Crippen MR) is 249 cm³/mol. The molecule has 9 rings (SSSR count). The number of hydrogen-bond donors (Lipinski definition) is 0. The second-order valence-corrected chi connectivity index (χ2v) is 19.1. The summed E-state index contributed by atoms with van der Waals surface area (Å²) < 4.78 is 9.01. The van der Waals surface area contributed by atoms with Crippen LogP contribution >= 0.6 is 0 Å². The number of rotatable bonds is 6. The molecule has 59 heavy (non-hydrogen) atoms. The smallest absolute Gasteiger partial charge is 0.137 e. The molecule has 296 valence electrons. The number of fused-ring (bicyclic) bond motifs is 4. The summed E-state index contributed by atoms with van der Waals surface area (Å²) in [4.78, 5) is 9.75. The van der Waals surface area contributed by atoms with Crippen molar-refractivity contribution in [1.29, 1.82) is 0 Å². The van der Waals surface area contributed by atoms with Crippen LogP contribution in [-0.4, -0.2) is 16.2 Å². The van der Waals surface area contributed by atoms with E-state index >= 15 is 0 Å². The average Bonchev–Trinajstić information content (AvgIpc) is 3.76. The zero-order valence-electron chi connectivity index (χ0n) is 35.8. The Morgan fingerprint density at radius 1 is 0.475 bits per heavy atom. The first-order chi connectivity index (χ1) is 28.1. The minimum Gasteiger partial charge on any atom is -0.457 e. The van der Waals surface area contributed by atoms with E-state index in [0.717, 1.165) is 39.7 Å². The van der Waals surface area contributed by atoms with Crippen molar-refractivity contribution in [2.75, 3.05) is 16.5 Å². The minimum atomic E-state index is -0.00447. The Labute approximate surface area is 349 Å². The van der Waals surface area contributed by atoms with E-state index in [0.29, 0.717) is 6.67 Å². The van der Waals surface area contributed by atoms with Crippen molar-refractivity contribution in [2.45, 2.75) is 78.6 Å². The topological polar surface area (TPSA) is 33.5 Å². The molecule has 0 spiro atoms. The summed E-state index contributed by atoms with van der Waals surface area (Å²) in [6.07, 6.45) is 1.92. The molecule has 0 saturated heterocycles. The molecule has 2 aromatic heterocycles. The maximum Gasteiger partial charge on any atom is 0.137 e. The second-order valence-electron chi connectivity index (χ2n) is 19.1.